The van der Waals surface area contributed by atoms with Crippen LogP contribution in [-0.4, -0.2) is 5.91 Å². The molecule has 0 radical (unpaired) electrons. The summed E-state index contributed by atoms with van der Waals surface area (Å²) in [5.41, 5.74) is 1.65. The van der Waals surface area contributed by atoms with E-state index in [1.165, 1.54) is 18.6 Å². The minimum absolute atomic E-state index is 0.0460. The molecule has 0 aromatic heterocycles. The standard InChI is InChI=1S/C14H16FNO/c1-8-2-3-9(6-8)13-11-7-10(15)4-5-12(11)16-14(13)17/h4-5,7-9,13H,2-3,6H2,1H3,(H,16,17). The highest BCUT2D eigenvalue weighted by atomic mass is 19.1. The highest BCUT2D eigenvalue weighted by molar-refractivity contribution is 6.03. The Labute approximate surface area is 100 Å². The molecule has 0 spiro atoms. The Morgan fingerprint density at radius 3 is 2.88 bits per heavy atom. The van der Waals surface area contributed by atoms with Gasteiger partial charge in [0.05, 0.1) is 5.92 Å². The summed E-state index contributed by atoms with van der Waals surface area (Å²) in [6.45, 7) is 2.22. The van der Waals surface area contributed by atoms with E-state index in [-0.39, 0.29) is 17.6 Å². The van der Waals surface area contributed by atoms with Crippen LogP contribution >= 0.6 is 0 Å². The third-order valence-electron chi connectivity index (χ3n) is 4.10. The van der Waals surface area contributed by atoms with E-state index < -0.39 is 0 Å². The molecule has 2 nitrogen and oxygen atoms in total. The van der Waals surface area contributed by atoms with Gasteiger partial charge in [-0.15, -0.1) is 0 Å². The second-order valence-corrected chi connectivity index (χ2v) is 5.38. The number of amides is 1. The second-order valence-electron chi connectivity index (χ2n) is 5.38. The molecule has 3 unspecified atom stereocenters. The van der Waals surface area contributed by atoms with Crippen molar-refractivity contribution in [3.63, 3.8) is 0 Å². The van der Waals surface area contributed by atoms with E-state index in [1.54, 1.807) is 6.07 Å². The Morgan fingerprint density at radius 2 is 2.18 bits per heavy atom. The predicted octanol–water partition coefficient (Wildman–Crippen LogP) is 3.30. The number of carbonyl (C=O) groups is 1. The molecule has 90 valence electrons. The Kier molecular flexibility index (Phi) is 2.42. The first-order valence-electron chi connectivity index (χ1n) is 6.25. The van der Waals surface area contributed by atoms with Crippen molar-refractivity contribution in [1.29, 1.82) is 0 Å². The fourth-order valence-corrected chi connectivity index (χ4v) is 3.28. The molecule has 0 bridgehead atoms. The van der Waals surface area contributed by atoms with Gasteiger partial charge in [0.2, 0.25) is 5.91 Å². The van der Waals surface area contributed by atoms with Crippen LogP contribution in [0.1, 0.15) is 37.7 Å². The monoisotopic (exact) mass is 233 g/mol. The predicted molar refractivity (Wildman–Crippen MR) is 64.3 cm³/mol. The molecule has 3 rings (SSSR count). The lowest BCUT2D eigenvalue weighted by Gasteiger charge is -2.16. The number of nitrogens with one attached hydrogen (secondary N) is 1. The number of fused-ring (bicyclic) bond motifs is 1. The number of hydrogen-bond donors (Lipinski definition) is 1. The molecule has 1 N–H and O–H groups in total. The third kappa shape index (κ3) is 1.74. The van der Waals surface area contributed by atoms with Gasteiger partial charge in [-0.25, -0.2) is 4.39 Å². The molecule has 1 saturated carbocycles. The zero-order chi connectivity index (χ0) is 12.0. The number of carbonyl (C=O) groups excluding carboxylic acids is 1. The van der Waals surface area contributed by atoms with Crippen LogP contribution < -0.4 is 5.32 Å². The second kappa shape index (κ2) is 3.83. The highest BCUT2D eigenvalue weighted by Crippen LogP contribution is 2.45. The quantitative estimate of drug-likeness (QED) is 0.792. The summed E-state index contributed by atoms with van der Waals surface area (Å²) >= 11 is 0. The van der Waals surface area contributed by atoms with Gasteiger partial charge in [0.25, 0.3) is 0 Å². The summed E-state index contributed by atoms with van der Waals surface area (Å²) in [5, 5.41) is 2.86. The van der Waals surface area contributed by atoms with Crippen molar-refractivity contribution >= 4 is 11.6 Å². The smallest absolute Gasteiger partial charge is 0.232 e. The molecule has 1 aromatic rings. The average molecular weight is 233 g/mol. The highest BCUT2D eigenvalue weighted by Gasteiger charge is 2.39. The third-order valence-corrected chi connectivity index (χ3v) is 4.10. The first kappa shape index (κ1) is 10.8. The Hall–Kier alpha value is -1.38. The Balaban J connectivity index is 1.96. The molecular formula is C14H16FNO. The van der Waals surface area contributed by atoms with Crippen LogP contribution in [0.3, 0.4) is 0 Å². The maximum Gasteiger partial charge on any atom is 0.232 e. The van der Waals surface area contributed by atoms with Crippen molar-refractivity contribution < 1.29 is 9.18 Å². The molecule has 1 aliphatic carbocycles. The fraction of sp³-hybridized carbons (Fsp3) is 0.500. The Morgan fingerprint density at radius 1 is 1.35 bits per heavy atom. The molecule has 1 aromatic carbocycles. The molecule has 0 saturated heterocycles. The van der Waals surface area contributed by atoms with E-state index in [9.17, 15) is 9.18 Å². The van der Waals surface area contributed by atoms with Crippen LogP contribution in [0.4, 0.5) is 10.1 Å². The van der Waals surface area contributed by atoms with Gasteiger partial charge < -0.3 is 5.32 Å². The van der Waals surface area contributed by atoms with Crippen molar-refractivity contribution in [2.24, 2.45) is 11.8 Å². The van der Waals surface area contributed by atoms with Crippen LogP contribution in [-0.2, 0) is 4.79 Å². The van der Waals surface area contributed by atoms with Crippen LogP contribution in [0.15, 0.2) is 18.2 Å². The first-order chi connectivity index (χ1) is 8.15. The van der Waals surface area contributed by atoms with E-state index in [1.807, 2.05) is 0 Å². The van der Waals surface area contributed by atoms with Crippen molar-refractivity contribution in [3.05, 3.63) is 29.6 Å². The van der Waals surface area contributed by atoms with Gasteiger partial charge in [-0.1, -0.05) is 13.3 Å². The summed E-state index contributed by atoms with van der Waals surface area (Å²) in [5.74, 6) is 0.727. The summed E-state index contributed by atoms with van der Waals surface area (Å²) in [7, 11) is 0. The van der Waals surface area contributed by atoms with Crippen molar-refractivity contribution in [3.8, 4) is 0 Å². The molecule has 1 amide bonds. The van der Waals surface area contributed by atoms with Gasteiger partial charge >= 0.3 is 0 Å². The van der Waals surface area contributed by atoms with E-state index in [4.69, 9.17) is 0 Å². The lowest BCUT2D eigenvalue weighted by atomic mass is 9.85. The molecule has 17 heavy (non-hydrogen) atoms. The maximum absolute atomic E-state index is 13.3. The van der Waals surface area contributed by atoms with E-state index in [0.717, 1.165) is 24.1 Å². The van der Waals surface area contributed by atoms with Crippen molar-refractivity contribution in [1.82, 2.24) is 0 Å². The fourth-order valence-electron chi connectivity index (χ4n) is 3.28. The Bertz CT molecular complexity index is 471. The van der Waals surface area contributed by atoms with E-state index in [2.05, 4.69) is 12.2 Å². The van der Waals surface area contributed by atoms with Crippen LogP contribution in [0.25, 0.3) is 0 Å². The summed E-state index contributed by atoms with van der Waals surface area (Å²) in [4.78, 5) is 12.0. The van der Waals surface area contributed by atoms with Gasteiger partial charge in [-0.05, 0) is 48.4 Å². The maximum atomic E-state index is 13.3. The average Bonchev–Trinajstić information content (AvgIpc) is 2.81. The molecule has 1 aliphatic heterocycles. The number of hydrogen-bond acceptors (Lipinski definition) is 1. The molecule has 3 atom stereocenters. The van der Waals surface area contributed by atoms with Crippen LogP contribution in [0.2, 0.25) is 0 Å². The summed E-state index contributed by atoms with van der Waals surface area (Å²) in [6, 6.07) is 4.58. The largest absolute Gasteiger partial charge is 0.325 e. The minimum atomic E-state index is -0.253. The van der Waals surface area contributed by atoms with Crippen molar-refractivity contribution in [2.45, 2.75) is 32.1 Å². The van der Waals surface area contributed by atoms with Crippen molar-refractivity contribution in [2.75, 3.05) is 5.32 Å². The molecule has 2 aliphatic rings. The number of halogens is 1. The number of benzene rings is 1. The lowest BCUT2D eigenvalue weighted by Crippen LogP contribution is -2.19. The number of anilines is 1. The molecule has 1 fully saturated rings. The number of rotatable bonds is 1. The lowest BCUT2D eigenvalue weighted by molar-refractivity contribution is -0.118. The van der Waals surface area contributed by atoms with Gasteiger partial charge in [-0.3, -0.25) is 4.79 Å². The van der Waals surface area contributed by atoms with Gasteiger partial charge in [0.15, 0.2) is 0 Å². The first-order valence-corrected chi connectivity index (χ1v) is 6.25. The van der Waals surface area contributed by atoms with E-state index in [0.29, 0.717) is 11.8 Å². The summed E-state index contributed by atoms with van der Waals surface area (Å²) in [6.07, 6.45) is 3.34. The summed E-state index contributed by atoms with van der Waals surface area (Å²) < 4.78 is 13.3. The van der Waals surface area contributed by atoms with Gasteiger partial charge in [-0.2, -0.15) is 0 Å². The normalized spacial score (nSPS) is 31.4. The van der Waals surface area contributed by atoms with Gasteiger partial charge in [0, 0.05) is 5.69 Å². The topological polar surface area (TPSA) is 29.1 Å². The van der Waals surface area contributed by atoms with Crippen LogP contribution in [0.5, 0.6) is 0 Å². The van der Waals surface area contributed by atoms with Gasteiger partial charge in [0.1, 0.15) is 5.82 Å². The minimum Gasteiger partial charge on any atom is -0.325 e. The molecule has 3 heteroatoms. The SMILES string of the molecule is CC1CCC(C2C(=O)Nc3ccc(F)cc32)C1. The molecule has 1 heterocycles. The van der Waals surface area contributed by atoms with Crippen LogP contribution in [0, 0.1) is 17.7 Å². The zero-order valence-corrected chi connectivity index (χ0v) is 9.87. The molecular weight excluding hydrogens is 217 g/mol. The van der Waals surface area contributed by atoms with E-state index >= 15 is 0 Å². The zero-order valence-electron chi connectivity index (χ0n) is 9.87.